The number of benzene rings is 1. The Labute approximate surface area is 77.1 Å². The molecule has 0 heterocycles. The molecule has 0 saturated heterocycles. The van der Waals surface area contributed by atoms with Crippen LogP contribution in [-0.2, 0) is 0 Å². The molecule has 2 amide bonds. The lowest BCUT2D eigenvalue weighted by molar-refractivity contribution is 0.242. The summed E-state index contributed by atoms with van der Waals surface area (Å²) in [5, 5.41) is 0. The van der Waals surface area contributed by atoms with Gasteiger partial charge < -0.3 is 5.73 Å². The summed E-state index contributed by atoms with van der Waals surface area (Å²) in [5.74, 6) is 0. The van der Waals surface area contributed by atoms with Gasteiger partial charge in [0.1, 0.15) is 0 Å². The van der Waals surface area contributed by atoms with E-state index < -0.39 is 6.03 Å². The molecule has 1 aromatic carbocycles. The molecule has 0 bridgehead atoms. The molecule has 70 valence electrons. The van der Waals surface area contributed by atoms with E-state index in [-0.39, 0.29) is 6.04 Å². The normalized spacial score (nSPS) is 12.1. The number of primary amides is 1. The Hall–Kier alpha value is -1.55. The number of rotatable bonds is 3. The van der Waals surface area contributed by atoms with E-state index in [1.165, 1.54) is 0 Å². The first-order valence-electron chi connectivity index (χ1n) is 4.06. The minimum absolute atomic E-state index is 0.0497. The second kappa shape index (κ2) is 4.47. The second-order valence-electron chi connectivity index (χ2n) is 2.77. The smallest absolute Gasteiger partial charge is 0.326 e. The summed E-state index contributed by atoms with van der Waals surface area (Å²) in [6.45, 7) is 1.94. The molecule has 1 aromatic rings. The molecule has 1 atom stereocenters. The van der Waals surface area contributed by atoms with Crippen molar-refractivity contribution in [1.82, 2.24) is 10.9 Å². The molecule has 0 aromatic heterocycles. The van der Waals surface area contributed by atoms with Crippen LogP contribution in [0.25, 0.3) is 0 Å². The van der Waals surface area contributed by atoms with E-state index in [0.717, 1.165) is 5.56 Å². The van der Waals surface area contributed by atoms with E-state index in [0.29, 0.717) is 0 Å². The zero-order valence-corrected chi connectivity index (χ0v) is 7.45. The van der Waals surface area contributed by atoms with Gasteiger partial charge in [-0.2, -0.15) is 0 Å². The minimum atomic E-state index is -0.581. The van der Waals surface area contributed by atoms with Crippen LogP contribution in [0.1, 0.15) is 18.5 Å². The van der Waals surface area contributed by atoms with Crippen molar-refractivity contribution in [2.75, 3.05) is 0 Å². The highest BCUT2D eigenvalue weighted by Gasteiger charge is 2.03. The van der Waals surface area contributed by atoms with Crippen LogP contribution in [0, 0.1) is 0 Å². The molecule has 13 heavy (non-hydrogen) atoms. The van der Waals surface area contributed by atoms with Gasteiger partial charge in [0.05, 0.1) is 0 Å². The van der Waals surface area contributed by atoms with Crippen LogP contribution in [0.15, 0.2) is 30.3 Å². The van der Waals surface area contributed by atoms with Crippen molar-refractivity contribution in [3.8, 4) is 0 Å². The fraction of sp³-hybridized carbons (Fsp3) is 0.222. The molecule has 1 rings (SSSR count). The zero-order valence-electron chi connectivity index (χ0n) is 7.45. The third-order valence-corrected chi connectivity index (χ3v) is 1.71. The molecule has 4 nitrogen and oxygen atoms in total. The zero-order chi connectivity index (χ0) is 9.68. The first kappa shape index (κ1) is 9.54. The average molecular weight is 179 g/mol. The molecular weight excluding hydrogens is 166 g/mol. The van der Waals surface area contributed by atoms with Crippen molar-refractivity contribution in [1.29, 1.82) is 0 Å². The molecule has 1 unspecified atom stereocenters. The van der Waals surface area contributed by atoms with E-state index in [9.17, 15) is 4.79 Å². The maximum Gasteiger partial charge on any atom is 0.326 e. The van der Waals surface area contributed by atoms with Gasteiger partial charge in [-0.1, -0.05) is 30.3 Å². The maximum atomic E-state index is 10.4. The Morgan fingerprint density at radius 2 is 2.00 bits per heavy atom. The van der Waals surface area contributed by atoms with Crippen LogP contribution < -0.4 is 16.6 Å². The summed E-state index contributed by atoms with van der Waals surface area (Å²) >= 11 is 0. The number of urea groups is 1. The van der Waals surface area contributed by atoms with Gasteiger partial charge in [-0.3, -0.25) is 5.43 Å². The molecular formula is C9H13N3O. The van der Waals surface area contributed by atoms with Crippen LogP contribution in [0.5, 0.6) is 0 Å². The Morgan fingerprint density at radius 3 is 2.54 bits per heavy atom. The standard InChI is InChI=1S/C9H13N3O/c1-7(11-12-9(10)13)8-5-3-2-4-6-8/h2-7,11H,1H3,(H3,10,12,13). The van der Waals surface area contributed by atoms with E-state index in [1.807, 2.05) is 37.3 Å². The van der Waals surface area contributed by atoms with Crippen molar-refractivity contribution in [3.05, 3.63) is 35.9 Å². The highest BCUT2D eigenvalue weighted by atomic mass is 16.2. The van der Waals surface area contributed by atoms with Gasteiger partial charge in [0.15, 0.2) is 0 Å². The number of carbonyl (C=O) groups is 1. The summed E-state index contributed by atoms with van der Waals surface area (Å²) in [6, 6.07) is 9.24. The fourth-order valence-electron chi connectivity index (χ4n) is 1.00. The highest BCUT2D eigenvalue weighted by Crippen LogP contribution is 2.09. The number of nitrogens with two attached hydrogens (primary N) is 1. The topological polar surface area (TPSA) is 67.2 Å². The number of nitrogens with one attached hydrogen (secondary N) is 2. The van der Waals surface area contributed by atoms with Crippen molar-refractivity contribution in [2.24, 2.45) is 5.73 Å². The van der Waals surface area contributed by atoms with Gasteiger partial charge >= 0.3 is 6.03 Å². The first-order chi connectivity index (χ1) is 6.20. The molecule has 4 N–H and O–H groups in total. The summed E-state index contributed by atoms with van der Waals surface area (Å²) < 4.78 is 0. The Balaban J connectivity index is 2.49. The van der Waals surface area contributed by atoms with E-state index in [2.05, 4.69) is 10.9 Å². The number of carbonyl (C=O) groups excluding carboxylic acids is 1. The van der Waals surface area contributed by atoms with Gasteiger partial charge in [0.25, 0.3) is 0 Å². The van der Waals surface area contributed by atoms with Gasteiger partial charge in [-0.25, -0.2) is 10.2 Å². The number of hydrazine groups is 1. The van der Waals surface area contributed by atoms with Crippen LogP contribution in [0.4, 0.5) is 4.79 Å². The number of hydrogen-bond acceptors (Lipinski definition) is 2. The van der Waals surface area contributed by atoms with Crippen molar-refractivity contribution < 1.29 is 4.79 Å². The number of amides is 2. The van der Waals surface area contributed by atoms with Crippen LogP contribution in [-0.4, -0.2) is 6.03 Å². The maximum absolute atomic E-state index is 10.4. The minimum Gasteiger partial charge on any atom is -0.351 e. The molecule has 0 saturated carbocycles. The molecule has 0 spiro atoms. The quantitative estimate of drug-likeness (QED) is 0.604. The van der Waals surface area contributed by atoms with Crippen molar-refractivity contribution >= 4 is 6.03 Å². The summed E-state index contributed by atoms with van der Waals surface area (Å²) in [7, 11) is 0. The first-order valence-corrected chi connectivity index (χ1v) is 4.06. The Kier molecular flexibility index (Phi) is 3.28. The van der Waals surface area contributed by atoms with Gasteiger partial charge in [-0.05, 0) is 12.5 Å². The second-order valence-corrected chi connectivity index (χ2v) is 2.77. The van der Waals surface area contributed by atoms with Crippen LogP contribution >= 0.6 is 0 Å². The Bertz CT molecular complexity index is 273. The lowest BCUT2D eigenvalue weighted by Gasteiger charge is -2.13. The monoisotopic (exact) mass is 179 g/mol. The largest absolute Gasteiger partial charge is 0.351 e. The highest BCUT2D eigenvalue weighted by molar-refractivity contribution is 5.70. The van der Waals surface area contributed by atoms with Gasteiger partial charge in [0.2, 0.25) is 0 Å². The summed E-state index contributed by atoms with van der Waals surface area (Å²) in [4.78, 5) is 10.4. The summed E-state index contributed by atoms with van der Waals surface area (Å²) in [5.41, 5.74) is 11.1. The van der Waals surface area contributed by atoms with Gasteiger partial charge in [-0.15, -0.1) is 0 Å². The molecule has 0 aliphatic rings. The fourth-order valence-corrected chi connectivity index (χ4v) is 1.00. The third-order valence-electron chi connectivity index (χ3n) is 1.71. The van der Waals surface area contributed by atoms with E-state index >= 15 is 0 Å². The molecule has 0 radical (unpaired) electrons. The molecule has 4 heteroatoms. The number of hydrogen-bond donors (Lipinski definition) is 3. The van der Waals surface area contributed by atoms with Crippen molar-refractivity contribution in [2.45, 2.75) is 13.0 Å². The van der Waals surface area contributed by atoms with E-state index in [4.69, 9.17) is 5.73 Å². The molecule has 0 fully saturated rings. The van der Waals surface area contributed by atoms with Crippen molar-refractivity contribution in [3.63, 3.8) is 0 Å². The average Bonchev–Trinajstić information content (AvgIpc) is 2.15. The SMILES string of the molecule is CC(NNC(N)=O)c1ccccc1. The van der Waals surface area contributed by atoms with Crippen LogP contribution in [0.3, 0.4) is 0 Å². The predicted molar refractivity (Wildman–Crippen MR) is 50.7 cm³/mol. The third kappa shape index (κ3) is 3.13. The van der Waals surface area contributed by atoms with Crippen LogP contribution in [0.2, 0.25) is 0 Å². The van der Waals surface area contributed by atoms with Gasteiger partial charge in [0, 0.05) is 6.04 Å². The van der Waals surface area contributed by atoms with E-state index in [1.54, 1.807) is 0 Å². The molecule has 0 aliphatic carbocycles. The Morgan fingerprint density at radius 1 is 1.38 bits per heavy atom. The predicted octanol–water partition coefficient (Wildman–Crippen LogP) is 0.920. The lowest BCUT2D eigenvalue weighted by atomic mass is 10.1. The summed E-state index contributed by atoms with van der Waals surface area (Å²) in [6.07, 6.45) is 0. The lowest BCUT2D eigenvalue weighted by Crippen LogP contribution is -2.42. The molecule has 0 aliphatic heterocycles.